The third-order valence-corrected chi connectivity index (χ3v) is 4.81. The van der Waals surface area contributed by atoms with E-state index in [1.165, 1.54) is 4.88 Å². The molecule has 1 aromatic heterocycles. The first-order valence-electron chi connectivity index (χ1n) is 7.48. The molecule has 0 radical (unpaired) electrons. The molecule has 0 atom stereocenters. The Kier molecular flexibility index (Phi) is 4.50. The Labute approximate surface area is 139 Å². The van der Waals surface area contributed by atoms with E-state index in [0.29, 0.717) is 6.61 Å². The van der Waals surface area contributed by atoms with Gasteiger partial charge in [0, 0.05) is 22.5 Å². The third-order valence-electron chi connectivity index (χ3n) is 3.82. The SMILES string of the molecule is CN(C)CC/C=C1\c2cc(C(=O)O)ccc2OCc2ccsc21. The minimum Gasteiger partial charge on any atom is -0.488 e. The number of hydrogen-bond donors (Lipinski definition) is 1. The summed E-state index contributed by atoms with van der Waals surface area (Å²) < 4.78 is 5.89. The molecule has 1 N–H and O–H groups in total. The van der Waals surface area contributed by atoms with Crippen molar-refractivity contribution in [2.45, 2.75) is 13.0 Å². The summed E-state index contributed by atoms with van der Waals surface area (Å²) in [7, 11) is 4.09. The van der Waals surface area contributed by atoms with Crippen LogP contribution in [0.4, 0.5) is 0 Å². The second-order valence-corrected chi connectivity index (χ2v) is 6.71. The molecule has 3 rings (SSSR count). The zero-order valence-electron chi connectivity index (χ0n) is 13.2. The third kappa shape index (κ3) is 3.30. The van der Waals surface area contributed by atoms with E-state index in [4.69, 9.17) is 4.74 Å². The molecule has 0 fully saturated rings. The molecular formula is C18H19NO3S. The minimum absolute atomic E-state index is 0.283. The van der Waals surface area contributed by atoms with Gasteiger partial charge in [0.05, 0.1) is 5.56 Å². The number of fused-ring (bicyclic) bond motifs is 2. The van der Waals surface area contributed by atoms with E-state index in [-0.39, 0.29) is 5.56 Å². The summed E-state index contributed by atoms with van der Waals surface area (Å²) in [5.41, 5.74) is 3.38. The van der Waals surface area contributed by atoms with Crippen LogP contribution in [0, 0.1) is 0 Å². The number of aromatic carboxylic acids is 1. The lowest BCUT2D eigenvalue weighted by atomic mass is 9.98. The second-order valence-electron chi connectivity index (χ2n) is 5.79. The first kappa shape index (κ1) is 15.8. The molecule has 1 aliphatic rings. The molecule has 0 saturated carbocycles. The summed E-state index contributed by atoms with van der Waals surface area (Å²) in [4.78, 5) is 14.6. The number of nitrogens with zero attached hydrogens (tertiary/aromatic N) is 1. The molecule has 2 aromatic rings. The van der Waals surface area contributed by atoms with Gasteiger partial charge in [0.1, 0.15) is 12.4 Å². The van der Waals surface area contributed by atoms with Gasteiger partial charge in [0.2, 0.25) is 0 Å². The minimum atomic E-state index is -0.920. The molecule has 0 bridgehead atoms. The standard InChI is InChI=1S/C18H19NO3S/c1-19(2)8-3-4-14-15-10-12(18(20)21)5-6-16(15)22-11-13-7-9-23-17(13)14/h4-7,9-10H,3,8,11H2,1-2H3,(H,20,21)/b14-4+. The topological polar surface area (TPSA) is 49.8 Å². The van der Waals surface area contributed by atoms with Crippen molar-refractivity contribution in [2.75, 3.05) is 20.6 Å². The maximum Gasteiger partial charge on any atom is 0.335 e. The first-order chi connectivity index (χ1) is 11.1. The van der Waals surface area contributed by atoms with E-state index in [1.54, 1.807) is 29.5 Å². The van der Waals surface area contributed by atoms with Gasteiger partial charge in [-0.2, -0.15) is 0 Å². The highest BCUT2D eigenvalue weighted by atomic mass is 32.1. The highest BCUT2D eigenvalue weighted by Crippen LogP contribution is 2.40. The fourth-order valence-electron chi connectivity index (χ4n) is 2.63. The zero-order chi connectivity index (χ0) is 16.4. The molecule has 0 aliphatic carbocycles. The predicted molar refractivity (Wildman–Crippen MR) is 92.3 cm³/mol. The Morgan fingerprint density at radius 1 is 1.39 bits per heavy atom. The maximum absolute atomic E-state index is 11.3. The van der Waals surface area contributed by atoms with Gasteiger partial charge in [-0.25, -0.2) is 4.79 Å². The molecule has 1 aromatic carbocycles. The van der Waals surface area contributed by atoms with Gasteiger partial charge < -0.3 is 14.7 Å². The Balaban J connectivity index is 2.09. The molecule has 0 unspecified atom stereocenters. The lowest BCUT2D eigenvalue weighted by molar-refractivity contribution is 0.0697. The van der Waals surface area contributed by atoms with E-state index in [2.05, 4.69) is 22.4 Å². The van der Waals surface area contributed by atoms with Gasteiger partial charge in [-0.15, -0.1) is 11.3 Å². The molecule has 5 heteroatoms. The Bertz CT molecular complexity index is 761. The zero-order valence-corrected chi connectivity index (χ0v) is 14.0. The van der Waals surface area contributed by atoms with Crippen LogP contribution < -0.4 is 4.74 Å². The Hall–Kier alpha value is -2.11. The van der Waals surface area contributed by atoms with Crippen LogP contribution in [0.1, 0.15) is 32.8 Å². The van der Waals surface area contributed by atoms with Crippen molar-refractivity contribution in [3.05, 3.63) is 57.3 Å². The second kappa shape index (κ2) is 6.56. The molecule has 0 saturated heterocycles. The number of carbonyl (C=O) groups is 1. The van der Waals surface area contributed by atoms with E-state index >= 15 is 0 Å². The van der Waals surface area contributed by atoms with Crippen LogP contribution in [0.3, 0.4) is 0 Å². The van der Waals surface area contributed by atoms with Crippen molar-refractivity contribution < 1.29 is 14.6 Å². The molecule has 23 heavy (non-hydrogen) atoms. The van der Waals surface area contributed by atoms with Crippen molar-refractivity contribution in [1.29, 1.82) is 0 Å². The van der Waals surface area contributed by atoms with Crippen molar-refractivity contribution in [3.63, 3.8) is 0 Å². The summed E-state index contributed by atoms with van der Waals surface area (Å²) in [6.07, 6.45) is 3.09. The molecule has 1 aliphatic heterocycles. The van der Waals surface area contributed by atoms with Crippen LogP contribution in [0.5, 0.6) is 5.75 Å². The van der Waals surface area contributed by atoms with E-state index in [0.717, 1.165) is 35.4 Å². The first-order valence-corrected chi connectivity index (χ1v) is 8.36. The van der Waals surface area contributed by atoms with Crippen LogP contribution in [0.15, 0.2) is 35.7 Å². The molecule has 0 amide bonds. The van der Waals surface area contributed by atoms with Gasteiger partial charge >= 0.3 is 5.97 Å². The Morgan fingerprint density at radius 2 is 2.22 bits per heavy atom. The van der Waals surface area contributed by atoms with Gasteiger partial charge in [-0.05, 0) is 55.7 Å². The predicted octanol–water partition coefficient (Wildman–Crippen LogP) is 3.72. The molecule has 2 heterocycles. The molecular weight excluding hydrogens is 310 g/mol. The maximum atomic E-state index is 11.3. The molecule has 120 valence electrons. The highest BCUT2D eigenvalue weighted by molar-refractivity contribution is 7.11. The average Bonchev–Trinajstić information content (AvgIpc) is 2.92. The number of benzene rings is 1. The largest absolute Gasteiger partial charge is 0.488 e. The van der Waals surface area contributed by atoms with Crippen molar-refractivity contribution in [1.82, 2.24) is 4.90 Å². The molecule has 4 nitrogen and oxygen atoms in total. The lowest BCUT2D eigenvalue weighted by Gasteiger charge is -2.12. The van der Waals surface area contributed by atoms with Gasteiger partial charge in [-0.3, -0.25) is 0 Å². The quantitative estimate of drug-likeness (QED) is 0.929. The van der Waals surface area contributed by atoms with Crippen LogP contribution in [0.2, 0.25) is 0 Å². The van der Waals surface area contributed by atoms with E-state index in [9.17, 15) is 9.90 Å². The lowest BCUT2D eigenvalue weighted by Crippen LogP contribution is -2.12. The average molecular weight is 329 g/mol. The smallest absolute Gasteiger partial charge is 0.335 e. The van der Waals surface area contributed by atoms with Crippen LogP contribution in [-0.2, 0) is 6.61 Å². The number of hydrogen-bond acceptors (Lipinski definition) is 4. The number of thiophene rings is 1. The van der Waals surface area contributed by atoms with Crippen molar-refractivity contribution in [3.8, 4) is 5.75 Å². The molecule has 0 spiro atoms. The van der Waals surface area contributed by atoms with Crippen molar-refractivity contribution >= 4 is 22.9 Å². The van der Waals surface area contributed by atoms with Crippen LogP contribution in [-0.4, -0.2) is 36.6 Å². The van der Waals surface area contributed by atoms with Crippen LogP contribution in [0.25, 0.3) is 5.57 Å². The normalized spacial score (nSPS) is 15.0. The van der Waals surface area contributed by atoms with Gasteiger partial charge in [-0.1, -0.05) is 6.08 Å². The summed E-state index contributed by atoms with van der Waals surface area (Å²) in [5.74, 6) is -0.175. The monoisotopic (exact) mass is 329 g/mol. The van der Waals surface area contributed by atoms with E-state index in [1.807, 2.05) is 14.1 Å². The summed E-state index contributed by atoms with van der Waals surface area (Å²) in [6.45, 7) is 1.46. The van der Waals surface area contributed by atoms with E-state index < -0.39 is 5.97 Å². The number of ether oxygens (including phenoxy) is 1. The Morgan fingerprint density at radius 3 is 2.96 bits per heavy atom. The summed E-state index contributed by atoms with van der Waals surface area (Å²) in [6, 6.07) is 7.14. The number of carboxylic acid groups (broad SMARTS) is 1. The summed E-state index contributed by atoms with van der Waals surface area (Å²) >= 11 is 1.67. The van der Waals surface area contributed by atoms with Gasteiger partial charge in [0.25, 0.3) is 0 Å². The van der Waals surface area contributed by atoms with Gasteiger partial charge in [0.15, 0.2) is 0 Å². The highest BCUT2D eigenvalue weighted by Gasteiger charge is 2.21. The number of carboxylic acids is 1. The fraction of sp³-hybridized carbons (Fsp3) is 0.278. The van der Waals surface area contributed by atoms with Crippen molar-refractivity contribution in [2.24, 2.45) is 0 Å². The van der Waals surface area contributed by atoms with Crippen LogP contribution >= 0.6 is 11.3 Å². The number of rotatable bonds is 4. The summed E-state index contributed by atoms with van der Waals surface area (Å²) in [5, 5.41) is 11.3. The fourth-order valence-corrected chi connectivity index (χ4v) is 3.60.